The minimum absolute atomic E-state index is 0.00787. The van der Waals surface area contributed by atoms with Crippen molar-refractivity contribution < 1.29 is 4.74 Å². The molecule has 0 saturated heterocycles. The van der Waals surface area contributed by atoms with E-state index in [-0.39, 0.29) is 5.56 Å². The van der Waals surface area contributed by atoms with Gasteiger partial charge in [0, 0.05) is 32.0 Å². The number of aromatic nitrogens is 2. The average Bonchev–Trinajstić information content (AvgIpc) is 2.15. The second-order valence-corrected chi connectivity index (χ2v) is 2.66. The molecule has 0 unspecified atom stereocenters. The molecule has 72 valence electrons. The van der Waals surface area contributed by atoms with Gasteiger partial charge in [-0.2, -0.15) is 0 Å². The third-order valence-electron chi connectivity index (χ3n) is 1.68. The summed E-state index contributed by atoms with van der Waals surface area (Å²) < 4.78 is 6.74. The first kappa shape index (κ1) is 9.92. The number of ether oxygens (including phenoxy) is 1. The van der Waals surface area contributed by atoms with Crippen LogP contribution in [0.4, 0.5) is 0 Å². The summed E-state index contributed by atoms with van der Waals surface area (Å²) in [7, 11) is 0. The van der Waals surface area contributed by atoms with Crippen LogP contribution in [0, 0.1) is 0 Å². The molecule has 0 aliphatic heterocycles. The number of rotatable bonds is 5. The maximum absolute atomic E-state index is 11.2. The van der Waals surface area contributed by atoms with Gasteiger partial charge < -0.3 is 4.74 Å². The predicted octanol–water partition coefficient (Wildman–Crippen LogP) is 0.670. The zero-order chi connectivity index (χ0) is 9.52. The first-order valence-corrected chi connectivity index (χ1v) is 4.43. The zero-order valence-electron chi connectivity index (χ0n) is 7.77. The van der Waals surface area contributed by atoms with Crippen molar-refractivity contribution >= 4 is 0 Å². The minimum Gasteiger partial charge on any atom is -0.382 e. The Kier molecular flexibility index (Phi) is 4.18. The van der Waals surface area contributed by atoms with Crippen LogP contribution in [0.1, 0.15) is 13.3 Å². The molecule has 0 amide bonds. The fourth-order valence-electron chi connectivity index (χ4n) is 1.03. The SMILES string of the molecule is CCOCCCn1cnccc1=O. The monoisotopic (exact) mass is 182 g/mol. The first-order chi connectivity index (χ1) is 6.34. The van der Waals surface area contributed by atoms with Gasteiger partial charge in [-0.05, 0) is 13.3 Å². The highest BCUT2D eigenvalue weighted by molar-refractivity contribution is 4.81. The van der Waals surface area contributed by atoms with Crippen LogP contribution in [0.5, 0.6) is 0 Å². The number of aryl methyl sites for hydroxylation is 1. The maximum atomic E-state index is 11.2. The summed E-state index contributed by atoms with van der Waals surface area (Å²) in [5, 5.41) is 0. The van der Waals surface area contributed by atoms with E-state index in [1.165, 1.54) is 12.3 Å². The third-order valence-corrected chi connectivity index (χ3v) is 1.68. The zero-order valence-corrected chi connectivity index (χ0v) is 7.77. The van der Waals surface area contributed by atoms with Crippen LogP contribution >= 0.6 is 0 Å². The van der Waals surface area contributed by atoms with Gasteiger partial charge in [0.05, 0.1) is 6.33 Å². The summed E-state index contributed by atoms with van der Waals surface area (Å²) in [5.74, 6) is 0. The molecule has 0 spiro atoms. The lowest BCUT2D eigenvalue weighted by Crippen LogP contribution is -2.19. The Hall–Kier alpha value is -1.16. The largest absolute Gasteiger partial charge is 0.382 e. The van der Waals surface area contributed by atoms with Crippen molar-refractivity contribution in [2.45, 2.75) is 19.9 Å². The standard InChI is InChI=1S/C9H14N2O2/c1-2-13-7-3-6-11-8-10-5-4-9(11)12/h4-5,8H,2-3,6-7H2,1H3. The van der Waals surface area contributed by atoms with E-state index in [4.69, 9.17) is 4.74 Å². The smallest absolute Gasteiger partial charge is 0.253 e. The molecule has 0 aliphatic carbocycles. The van der Waals surface area contributed by atoms with Crippen LogP contribution in [-0.4, -0.2) is 22.8 Å². The van der Waals surface area contributed by atoms with Crippen LogP contribution in [-0.2, 0) is 11.3 Å². The average molecular weight is 182 g/mol. The van der Waals surface area contributed by atoms with Gasteiger partial charge in [-0.3, -0.25) is 9.36 Å². The highest BCUT2D eigenvalue weighted by Gasteiger charge is 1.93. The Morgan fingerprint density at radius 2 is 2.46 bits per heavy atom. The Morgan fingerprint density at radius 3 is 3.15 bits per heavy atom. The molecule has 1 rings (SSSR count). The molecule has 4 nitrogen and oxygen atoms in total. The Morgan fingerprint density at radius 1 is 1.62 bits per heavy atom. The Labute approximate surface area is 77.2 Å². The predicted molar refractivity (Wildman–Crippen MR) is 49.6 cm³/mol. The van der Waals surface area contributed by atoms with E-state index < -0.39 is 0 Å². The molecule has 0 aromatic carbocycles. The van der Waals surface area contributed by atoms with Crippen molar-refractivity contribution in [2.24, 2.45) is 0 Å². The van der Waals surface area contributed by atoms with E-state index >= 15 is 0 Å². The van der Waals surface area contributed by atoms with Crippen molar-refractivity contribution in [1.82, 2.24) is 9.55 Å². The summed E-state index contributed by atoms with van der Waals surface area (Å²) in [6.07, 6.45) is 3.90. The molecule has 0 N–H and O–H groups in total. The quantitative estimate of drug-likeness (QED) is 0.629. The molecule has 4 heteroatoms. The summed E-state index contributed by atoms with van der Waals surface area (Å²) in [6, 6.07) is 1.46. The van der Waals surface area contributed by atoms with Gasteiger partial charge in [-0.25, -0.2) is 4.98 Å². The van der Waals surface area contributed by atoms with Gasteiger partial charge in [0.25, 0.3) is 5.56 Å². The van der Waals surface area contributed by atoms with E-state index in [9.17, 15) is 4.79 Å². The number of hydrogen-bond acceptors (Lipinski definition) is 3. The molecular weight excluding hydrogens is 168 g/mol. The highest BCUT2D eigenvalue weighted by atomic mass is 16.5. The van der Waals surface area contributed by atoms with Gasteiger partial charge in [-0.15, -0.1) is 0 Å². The van der Waals surface area contributed by atoms with E-state index in [0.29, 0.717) is 13.2 Å². The van der Waals surface area contributed by atoms with Gasteiger partial charge in [0.1, 0.15) is 0 Å². The summed E-state index contributed by atoms with van der Waals surface area (Å²) >= 11 is 0. The van der Waals surface area contributed by atoms with Crippen LogP contribution in [0.25, 0.3) is 0 Å². The van der Waals surface area contributed by atoms with Crippen molar-refractivity contribution in [1.29, 1.82) is 0 Å². The number of hydrogen-bond donors (Lipinski definition) is 0. The van der Waals surface area contributed by atoms with Crippen LogP contribution in [0.15, 0.2) is 23.4 Å². The summed E-state index contributed by atoms with van der Waals surface area (Å²) in [5.41, 5.74) is -0.00787. The molecule has 0 radical (unpaired) electrons. The van der Waals surface area contributed by atoms with Crippen LogP contribution < -0.4 is 5.56 Å². The molecule has 1 heterocycles. The van der Waals surface area contributed by atoms with E-state index in [2.05, 4.69) is 4.98 Å². The second-order valence-electron chi connectivity index (χ2n) is 2.66. The molecule has 0 saturated carbocycles. The summed E-state index contributed by atoms with van der Waals surface area (Å²) in [4.78, 5) is 15.0. The van der Waals surface area contributed by atoms with Crippen molar-refractivity contribution in [3.05, 3.63) is 28.9 Å². The molecule has 1 aromatic rings. The lowest BCUT2D eigenvalue weighted by molar-refractivity contribution is 0.141. The van der Waals surface area contributed by atoms with Gasteiger partial charge in [-0.1, -0.05) is 0 Å². The Bertz CT molecular complexity index is 296. The fourth-order valence-corrected chi connectivity index (χ4v) is 1.03. The van der Waals surface area contributed by atoms with E-state index in [0.717, 1.165) is 13.0 Å². The van der Waals surface area contributed by atoms with Crippen molar-refractivity contribution in [3.8, 4) is 0 Å². The van der Waals surface area contributed by atoms with Crippen molar-refractivity contribution in [3.63, 3.8) is 0 Å². The fraction of sp³-hybridized carbons (Fsp3) is 0.556. The third kappa shape index (κ3) is 3.38. The van der Waals surface area contributed by atoms with Crippen LogP contribution in [0.3, 0.4) is 0 Å². The normalized spacial score (nSPS) is 10.2. The lowest BCUT2D eigenvalue weighted by atomic mass is 10.4. The minimum atomic E-state index is -0.00787. The number of nitrogens with zero attached hydrogens (tertiary/aromatic N) is 2. The summed E-state index contributed by atoms with van der Waals surface area (Å²) in [6.45, 7) is 4.04. The first-order valence-electron chi connectivity index (χ1n) is 4.43. The lowest BCUT2D eigenvalue weighted by Gasteiger charge is -2.03. The topological polar surface area (TPSA) is 44.1 Å². The van der Waals surface area contributed by atoms with Crippen molar-refractivity contribution in [2.75, 3.05) is 13.2 Å². The van der Waals surface area contributed by atoms with E-state index in [1.54, 1.807) is 10.9 Å². The van der Waals surface area contributed by atoms with E-state index in [1.807, 2.05) is 6.92 Å². The Balaban J connectivity index is 2.37. The van der Waals surface area contributed by atoms with Gasteiger partial charge in [0.2, 0.25) is 0 Å². The van der Waals surface area contributed by atoms with Gasteiger partial charge >= 0.3 is 0 Å². The molecule has 1 aromatic heterocycles. The molecule has 0 aliphatic rings. The molecule has 13 heavy (non-hydrogen) atoms. The van der Waals surface area contributed by atoms with Gasteiger partial charge in [0.15, 0.2) is 0 Å². The molecule has 0 atom stereocenters. The maximum Gasteiger partial charge on any atom is 0.253 e. The highest BCUT2D eigenvalue weighted by Crippen LogP contribution is 1.86. The van der Waals surface area contributed by atoms with Crippen LogP contribution in [0.2, 0.25) is 0 Å². The second kappa shape index (κ2) is 5.48. The molecular formula is C9H14N2O2. The molecule has 0 fully saturated rings. The molecule has 0 bridgehead atoms.